The standard InChI is InChI=1S/C18H30N4O3S/c1-4-15-16(26-18(19)20-15)17(24)22-8-13(14(9-22)10-23)7-21-5-11(2)25-12(3)6-21/h11-14,23H,4-10H2,1-3H3,(H2,19,20)/t11-,12+,13-,14-/m1/s1. The highest BCUT2D eigenvalue weighted by molar-refractivity contribution is 7.17. The number of rotatable bonds is 5. The Morgan fingerprint density at radius 3 is 2.54 bits per heavy atom. The minimum absolute atomic E-state index is 0.000661. The van der Waals surface area contributed by atoms with Gasteiger partial charge in [-0.05, 0) is 26.2 Å². The van der Waals surface area contributed by atoms with Gasteiger partial charge in [0.15, 0.2) is 5.13 Å². The molecule has 0 aliphatic carbocycles. The molecule has 0 bridgehead atoms. The number of carbonyl (C=O) groups excluding carboxylic acids is 1. The molecule has 3 heterocycles. The fraction of sp³-hybridized carbons (Fsp3) is 0.778. The van der Waals surface area contributed by atoms with Crippen LogP contribution in [0, 0.1) is 11.8 Å². The molecule has 1 amide bonds. The van der Waals surface area contributed by atoms with Crippen LogP contribution in [0.1, 0.15) is 36.1 Å². The first-order valence-electron chi connectivity index (χ1n) is 9.44. The quantitative estimate of drug-likeness (QED) is 0.792. The third-order valence-corrected chi connectivity index (χ3v) is 6.24. The van der Waals surface area contributed by atoms with Gasteiger partial charge in [0.25, 0.3) is 5.91 Å². The Morgan fingerprint density at radius 2 is 1.92 bits per heavy atom. The highest BCUT2D eigenvalue weighted by Crippen LogP contribution is 2.29. The molecule has 3 N–H and O–H groups in total. The van der Waals surface area contributed by atoms with Crippen molar-refractivity contribution in [2.24, 2.45) is 11.8 Å². The Bertz CT molecular complexity index is 628. The average molecular weight is 383 g/mol. The van der Waals surface area contributed by atoms with E-state index in [1.807, 2.05) is 11.8 Å². The molecular formula is C18H30N4O3S. The van der Waals surface area contributed by atoms with E-state index in [1.165, 1.54) is 11.3 Å². The van der Waals surface area contributed by atoms with E-state index in [2.05, 4.69) is 23.7 Å². The maximum atomic E-state index is 13.0. The summed E-state index contributed by atoms with van der Waals surface area (Å²) in [4.78, 5) is 22.2. The highest BCUT2D eigenvalue weighted by Gasteiger charge is 2.38. The molecule has 0 saturated carbocycles. The van der Waals surface area contributed by atoms with Crippen LogP contribution in [-0.2, 0) is 11.2 Å². The number of thiazole rings is 1. The molecule has 8 heteroatoms. The summed E-state index contributed by atoms with van der Waals surface area (Å²) in [6, 6.07) is 0. The Hall–Kier alpha value is -1.22. The summed E-state index contributed by atoms with van der Waals surface area (Å²) in [6.07, 6.45) is 1.13. The van der Waals surface area contributed by atoms with Gasteiger partial charge in [-0.2, -0.15) is 0 Å². The van der Waals surface area contributed by atoms with E-state index >= 15 is 0 Å². The first kappa shape index (κ1) is 19.5. The van der Waals surface area contributed by atoms with Gasteiger partial charge < -0.3 is 20.5 Å². The van der Waals surface area contributed by atoms with E-state index in [0.29, 0.717) is 29.5 Å². The lowest BCUT2D eigenvalue weighted by Crippen LogP contribution is -2.48. The van der Waals surface area contributed by atoms with Crippen LogP contribution in [-0.4, -0.2) is 77.3 Å². The van der Waals surface area contributed by atoms with Gasteiger partial charge >= 0.3 is 0 Å². The minimum Gasteiger partial charge on any atom is -0.396 e. The van der Waals surface area contributed by atoms with Gasteiger partial charge in [-0.1, -0.05) is 18.3 Å². The lowest BCUT2D eigenvalue weighted by atomic mass is 9.96. The Morgan fingerprint density at radius 1 is 1.27 bits per heavy atom. The fourth-order valence-corrected chi connectivity index (χ4v) is 5.09. The summed E-state index contributed by atoms with van der Waals surface area (Å²) < 4.78 is 5.81. The third-order valence-electron chi connectivity index (χ3n) is 5.33. The molecule has 0 spiro atoms. The van der Waals surface area contributed by atoms with Crippen molar-refractivity contribution in [3.8, 4) is 0 Å². The number of hydrogen-bond acceptors (Lipinski definition) is 7. The van der Waals surface area contributed by atoms with E-state index in [-0.39, 0.29) is 36.6 Å². The number of carbonyl (C=O) groups is 1. The van der Waals surface area contributed by atoms with Crippen molar-refractivity contribution < 1.29 is 14.6 Å². The molecule has 4 atom stereocenters. The summed E-state index contributed by atoms with van der Waals surface area (Å²) >= 11 is 1.27. The third kappa shape index (κ3) is 4.19. The number of anilines is 1. The zero-order valence-electron chi connectivity index (χ0n) is 15.9. The van der Waals surface area contributed by atoms with Crippen molar-refractivity contribution >= 4 is 22.4 Å². The molecule has 146 valence electrons. The molecule has 0 radical (unpaired) electrons. The van der Waals surface area contributed by atoms with Crippen molar-refractivity contribution in [3.63, 3.8) is 0 Å². The lowest BCUT2D eigenvalue weighted by Gasteiger charge is -2.37. The van der Waals surface area contributed by atoms with Gasteiger partial charge in [0, 0.05) is 45.2 Å². The number of nitrogen functional groups attached to an aromatic ring is 1. The van der Waals surface area contributed by atoms with Crippen LogP contribution >= 0.6 is 11.3 Å². The van der Waals surface area contributed by atoms with Crippen LogP contribution in [0.15, 0.2) is 0 Å². The summed E-state index contributed by atoms with van der Waals surface area (Å²) in [5, 5.41) is 10.3. The van der Waals surface area contributed by atoms with Crippen molar-refractivity contribution in [1.29, 1.82) is 0 Å². The second kappa shape index (κ2) is 8.21. The molecular weight excluding hydrogens is 352 g/mol. The van der Waals surface area contributed by atoms with Gasteiger partial charge in [0.1, 0.15) is 4.88 Å². The molecule has 1 aromatic rings. The maximum Gasteiger partial charge on any atom is 0.265 e. The first-order chi connectivity index (χ1) is 12.4. The van der Waals surface area contributed by atoms with Gasteiger partial charge in [-0.3, -0.25) is 9.69 Å². The smallest absolute Gasteiger partial charge is 0.265 e. The molecule has 2 fully saturated rings. The summed E-state index contributed by atoms with van der Waals surface area (Å²) in [5.74, 6) is 0.389. The number of nitrogens with two attached hydrogens (primary N) is 1. The number of amides is 1. The molecule has 26 heavy (non-hydrogen) atoms. The van der Waals surface area contributed by atoms with Gasteiger partial charge in [0.2, 0.25) is 0 Å². The summed E-state index contributed by atoms with van der Waals surface area (Å²) in [6.45, 7) is 10.2. The van der Waals surface area contributed by atoms with Crippen LogP contribution in [0.5, 0.6) is 0 Å². The SMILES string of the molecule is CCc1nc(N)sc1C(=O)N1C[C@@H](CN2C[C@@H](C)O[C@@H](C)C2)[C@@H](CO)C1. The molecule has 0 unspecified atom stereocenters. The second-order valence-electron chi connectivity index (χ2n) is 7.57. The van der Waals surface area contributed by atoms with Crippen molar-refractivity contribution in [3.05, 3.63) is 10.6 Å². The summed E-state index contributed by atoms with van der Waals surface area (Å²) in [7, 11) is 0. The zero-order chi connectivity index (χ0) is 18.8. The lowest BCUT2D eigenvalue weighted by molar-refractivity contribution is -0.0726. The van der Waals surface area contributed by atoms with Crippen LogP contribution in [0.4, 0.5) is 5.13 Å². The summed E-state index contributed by atoms with van der Waals surface area (Å²) in [5.41, 5.74) is 6.58. The number of likely N-dealkylation sites (tertiary alicyclic amines) is 1. The van der Waals surface area contributed by atoms with Crippen LogP contribution in [0.3, 0.4) is 0 Å². The number of aliphatic hydroxyl groups is 1. The van der Waals surface area contributed by atoms with E-state index in [9.17, 15) is 9.90 Å². The second-order valence-corrected chi connectivity index (χ2v) is 8.60. The first-order valence-corrected chi connectivity index (χ1v) is 10.3. The van der Waals surface area contributed by atoms with E-state index in [0.717, 1.165) is 25.3 Å². The number of hydrogen-bond donors (Lipinski definition) is 2. The highest BCUT2D eigenvalue weighted by atomic mass is 32.1. The number of nitrogens with zero attached hydrogens (tertiary/aromatic N) is 3. The van der Waals surface area contributed by atoms with Crippen molar-refractivity contribution in [2.75, 3.05) is 45.1 Å². The number of aryl methyl sites for hydroxylation is 1. The molecule has 7 nitrogen and oxygen atoms in total. The van der Waals surface area contributed by atoms with Crippen molar-refractivity contribution in [2.45, 2.75) is 39.4 Å². The normalized spacial score (nSPS) is 30.1. The van der Waals surface area contributed by atoms with Gasteiger partial charge in [-0.15, -0.1) is 0 Å². The van der Waals surface area contributed by atoms with E-state index < -0.39 is 0 Å². The maximum absolute atomic E-state index is 13.0. The monoisotopic (exact) mass is 382 g/mol. The van der Waals surface area contributed by atoms with Crippen LogP contribution in [0.25, 0.3) is 0 Å². The van der Waals surface area contributed by atoms with E-state index in [4.69, 9.17) is 10.5 Å². The average Bonchev–Trinajstić information content (AvgIpc) is 3.16. The Balaban J connectivity index is 1.67. The molecule has 0 aromatic carbocycles. The topological polar surface area (TPSA) is 91.9 Å². The Labute approximate surface area is 159 Å². The largest absolute Gasteiger partial charge is 0.396 e. The molecule has 2 saturated heterocycles. The molecule has 3 rings (SSSR count). The van der Waals surface area contributed by atoms with Crippen LogP contribution in [0.2, 0.25) is 0 Å². The number of aromatic nitrogens is 1. The number of aliphatic hydroxyl groups excluding tert-OH is 1. The molecule has 1 aromatic heterocycles. The van der Waals surface area contributed by atoms with Crippen LogP contribution < -0.4 is 5.73 Å². The zero-order valence-corrected chi connectivity index (χ0v) is 16.7. The predicted molar refractivity (Wildman–Crippen MR) is 102 cm³/mol. The predicted octanol–water partition coefficient (Wildman–Crippen LogP) is 1.08. The van der Waals surface area contributed by atoms with E-state index in [1.54, 1.807) is 0 Å². The molecule has 2 aliphatic heterocycles. The van der Waals surface area contributed by atoms with Crippen molar-refractivity contribution in [1.82, 2.24) is 14.8 Å². The minimum atomic E-state index is 0.000661. The van der Waals surface area contributed by atoms with Gasteiger partial charge in [0.05, 0.1) is 17.9 Å². The fourth-order valence-electron chi connectivity index (χ4n) is 4.20. The van der Waals surface area contributed by atoms with Gasteiger partial charge in [-0.25, -0.2) is 4.98 Å². The Kier molecular flexibility index (Phi) is 6.17. The number of ether oxygens (including phenoxy) is 1. The molecule has 2 aliphatic rings. The number of morpholine rings is 1.